The minimum atomic E-state index is -0.993. The molecule has 2 heterocycles. The van der Waals surface area contributed by atoms with Crippen molar-refractivity contribution in [1.29, 1.82) is 0 Å². The van der Waals surface area contributed by atoms with Crippen LogP contribution in [-0.4, -0.2) is 16.1 Å². The standard InChI is InChI=1S/C18H10BrNO3/c19-13-6-3-5-11-12(18(21)22)9-14(20-17(11)13)16-8-10-4-1-2-7-15(10)23-16/h1-9H,(H,21,22). The number of pyridine rings is 1. The number of rotatable bonds is 2. The highest BCUT2D eigenvalue weighted by molar-refractivity contribution is 9.10. The molecule has 0 saturated heterocycles. The lowest BCUT2D eigenvalue weighted by molar-refractivity contribution is 0.0699. The normalized spacial score (nSPS) is 11.2. The van der Waals surface area contributed by atoms with E-state index < -0.39 is 5.97 Å². The highest BCUT2D eigenvalue weighted by Crippen LogP contribution is 2.32. The molecule has 5 heteroatoms. The number of hydrogen-bond acceptors (Lipinski definition) is 3. The van der Waals surface area contributed by atoms with E-state index in [-0.39, 0.29) is 5.56 Å². The van der Waals surface area contributed by atoms with Gasteiger partial charge in [0.2, 0.25) is 0 Å². The smallest absolute Gasteiger partial charge is 0.336 e. The van der Waals surface area contributed by atoms with Gasteiger partial charge < -0.3 is 9.52 Å². The molecular weight excluding hydrogens is 358 g/mol. The number of nitrogens with zero attached hydrogens (tertiary/aromatic N) is 1. The number of aromatic nitrogens is 1. The van der Waals surface area contributed by atoms with E-state index in [4.69, 9.17) is 4.42 Å². The molecule has 0 fully saturated rings. The fourth-order valence-electron chi connectivity index (χ4n) is 2.62. The van der Waals surface area contributed by atoms with E-state index in [9.17, 15) is 9.90 Å². The molecule has 2 aromatic heterocycles. The number of carboxylic acids is 1. The first-order chi connectivity index (χ1) is 11.1. The van der Waals surface area contributed by atoms with Crippen LogP contribution >= 0.6 is 15.9 Å². The van der Waals surface area contributed by atoms with Crippen LogP contribution in [0.5, 0.6) is 0 Å². The molecule has 2 aromatic carbocycles. The van der Waals surface area contributed by atoms with Crippen molar-refractivity contribution >= 4 is 43.8 Å². The zero-order valence-corrected chi connectivity index (χ0v) is 13.4. The summed E-state index contributed by atoms with van der Waals surface area (Å²) in [5, 5.41) is 11.1. The summed E-state index contributed by atoms with van der Waals surface area (Å²) in [6, 6.07) is 16.4. The zero-order chi connectivity index (χ0) is 16.0. The molecule has 0 aliphatic carbocycles. The molecule has 0 aliphatic rings. The SMILES string of the molecule is O=C(O)c1cc(-c2cc3ccccc3o2)nc2c(Br)cccc12. The largest absolute Gasteiger partial charge is 0.478 e. The van der Waals surface area contributed by atoms with Crippen molar-refractivity contribution in [3.8, 4) is 11.5 Å². The Labute approximate surface area is 139 Å². The van der Waals surface area contributed by atoms with Gasteiger partial charge in [0, 0.05) is 15.2 Å². The first kappa shape index (κ1) is 14.0. The third-order valence-electron chi connectivity index (χ3n) is 3.70. The Kier molecular flexibility index (Phi) is 3.16. The maximum atomic E-state index is 11.6. The third-order valence-corrected chi connectivity index (χ3v) is 4.34. The summed E-state index contributed by atoms with van der Waals surface area (Å²) in [4.78, 5) is 16.2. The Morgan fingerprint density at radius 1 is 1.09 bits per heavy atom. The van der Waals surface area contributed by atoms with Gasteiger partial charge in [-0.3, -0.25) is 0 Å². The number of halogens is 1. The molecule has 4 nitrogen and oxygen atoms in total. The molecule has 112 valence electrons. The first-order valence-corrected chi connectivity index (χ1v) is 7.74. The molecule has 0 spiro atoms. The number of para-hydroxylation sites is 2. The Bertz CT molecular complexity index is 1040. The number of fused-ring (bicyclic) bond motifs is 2. The number of benzene rings is 2. The second kappa shape index (κ2) is 5.21. The summed E-state index contributed by atoms with van der Waals surface area (Å²) >= 11 is 3.44. The highest BCUT2D eigenvalue weighted by atomic mass is 79.9. The van der Waals surface area contributed by atoms with E-state index in [1.165, 1.54) is 0 Å². The molecule has 0 saturated carbocycles. The predicted molar refractivity (Wildman–Crippen MR) is 91.6 cm³/mol. The van der Waals surface area contributed by atoms with E-state index in [0.29, 0.717) is 22.4 Å². The average Bonchev–Trinajstić information content (AvgIpc) is 2.98. The van der Waals surface area contributed by atoms with Crippen LogP contribution in [0, 0.1) is 0 Å². The lowest BCUT2D eigenvalue weighted by Gasteiger charge is -2.06. The average molecular weight is 368 g/mol. The maximum absolute atomic E-state index is 11.6. The van der Waals surface area contributed by atoms with E-state index in [1.54, 1.807) is 18.2 Å². The van der Waals surface area contributed by atoms with Gasteiger partial charge in [0.05, 0.1) is 11.1 Å². The van der Waals surface area contributed by atoms with Gasteiger partial charge in [-0.2, -0.15) is 0 Å². The van der Waals surface area contributed by atoms with E-state index in [2.05, 4.69) is 20.9 Å². The Hall–Kier alpha value is -2.66. The monoisotopic (exact) mass is 367 g/mol. The summed E-state index contributed by atoms with van der Waals surface area (Å²) in [6.07, 6.45) is 0. The van der Waals surface area contributed by atoms with Crippen LogP contribution in [0.2, 0.25) is 0 Å². The number of furan rings is 1. The van der Waals surface area contributed by atoms with Gasteiger partial charge in [0.1, 0.15) is 11.3 Å². The van der Waals surface area contributed by atoms with E-state index in [1.807, 2.05) is 36.4 Å². The molecule has 0 bridgehead atoms. The first-order valence-electron chi connectivity index (χ1n) is 6.95. The number of carbonyl (C=O) groups is 1. The van der Waals surface area contributed by atoms with E-state index >= 15 is 0 Å². The predicted octanol–water partition coefficient (Wildman–Crippen LogP) is 5.11. The van der Waals surface area contributed by atoms with Crippen LogP contribution in [0.3, 0.4) is 0 Å². The van der Waals surface area contributed by atoms with Crippen LogP contribution in [0.25, 0.3) is 33.3 Å². The number of hydrogen-bond donors (Lipinski definition) is 1. The fourth-order valence-corrected chi connectivity index (χ4v) is 3.08. The van der Waals surface area contributed by atoms with Gasteiger partial charge in [0.15, 0.2) is 5.76 Å². The topological polar surface area (TPSA) is 63.3 Å². The maximum Gasteiger partial charge on any atom is 0.336 e. The van der Waals surface area contributed by atoms with Crippen molar-refractivity contribution in [2.45, 2.75) is 0 Å². The minimum Gasteiger partial charge on any atom is -0.478 e. The molecule has 1 N–H and O–H groups in total. The van der Waals surface area contributed by atoms with Crippen LogP contribution in [0.4, 0.5) is 0 Å². The summed E-state index contributed by atoms with van der Waals surface area (Å²) in [6.45, 7) is 0. The van der Waals surface area contributed by atoms with Crippen LogP contribution in [-0.2, 0) is 0 Å². The molecule has 0 atom stereocenters. The van der Waals surface area contributed by atoms with Crippen molar-refractivity contribution < 1.29 is 14.3 Å². The van der Waals surface area contributed by atoms with Gasteiger partial charge in [-0.05, 0) is 40.2 Å². The van der Waals surface area contributed by atoms with Gasteiger partial charge in [-0.1, -0.05) is 30.3 Å². The lowest BCUT2D eigenvalue weighted by atomic mass is 10.1. The molecule has 23 heavy (non-hydrogen) atoms. The summed E-state index contributed by atoms with van der Waals surface area (Å²) in [7, 11) is 0. The molecule has 0 unspecified atom stereocenters. The van der Waals surface area contributed by atoms with Gasteiger partial charge in [-0.25, -0.2) is 9.78 Å². The minimum absolute atomic E-state index is 0.201. The third kappa shape index (κ3) is 2.29. The van der Waals surface area contributed by atoms with Crippen LogP contribution in [0.15, 0.2) is 63.5 Å². The Balaban J connectivity index is 2.03. The molecular formula is C18H10BrNO3. The molecule has 0 radical (unpaired) electrons. The molecule has 4 rings (SSSR count). The Morgan fingerprint density at radius 2 is 1.91 bits per heavy atom. The van der Waals surface area contributed by atoms with Gasteiger partial charge in [-0.15, -0.1) is 0 Å². The summed E-state index contributed by atoms with van der Waals surface area (Å²) in [5.74, 6) is -0.445. The van der Waals surface area contributed by atoms with Gasteiger partial charge >= 0.3 is 5.97 Å². The number of aromatic carboxylic acids is 1. The van der Waals surface area contributed by atoms with Gasteiger partial charge in [0.25, 0.3) is 0 Å². The van der Waals surface area contributed by atoms with Crippen molar-refractivity contribution in [3.63, 3.8) is 0 Å². The zero-order valence-electron chi connectivity index (χ0n) is 11.8. The Morgan fingerprint density at radius 3 is 2.70 bits per heavy atom. The summed E-state index contributed by atoms with van der Waals surface area (Å²) in [5.41, 5.74) is 2.04. The molecule has 4 aromatic rings. The molecule has 0 aliphatic heterocycles. The lowest BCUT2D eigenvalue weighted by Crippen LogP contribution is -2.00. The number of carboxylic acid groups (broad SMARTS) is 1. The van der Waals surface area contributed by atoms with Crippen LogP contribution < -0.4 is 0 Å². The van der Waals surface area contributed by atoms with Crippen molar-refractivity contribution in [3.05, 3.63) is 64.6 Å². The summed E-state index contributed by atoms with van der Waals surface area (Å²) < 4.78 is 6.55. The second-order valence-corrected chi connectivity index (χ2v) is 6.00. The second-order valence-electron chi connectivity index (χ2n) is 5.14. The van der Waals surface area contributed by atoms with Crippen molar-refractivity contribution in [2.75, 3.05) is 0 Å². The van der Waals surface area contributed by atoms with E-state index in [0.717, 1.165) is 15.4 Å². The highest BCUT2D eigenvalue weighted by Gasteiger charge is 2.16. The quantitative estimate of drug-likeness (QED) is 0.534. The fraction of sp³-hybridized carbons (Fsp3) is 0. The van der Waals surface area contributed by atoms with Crippen molar-refractivity contribution in [1.82, 2.24) is 4.98 Å². The molecule has 0 amide bonds. The van der Waals surface area contributed by atoms with Crippen molar-refractivity contribution in [2.24, 2.45) is 0 Å². The van der Waals surface area contributed by atoms with Crippen LogP contribution in [0.1, 0.15) is 10.4 Å².